The molecule has 0 bridgehead atoms. The van der Waals surface area contributed by atoms with Gasteiger partial charge in [-0.05, 0) is 52.1 Å². The molecule has 1 aromatic rings. The van der Waals surface area contributed by atoms with E-state index in [0.717, 1.165) is 12.0 Å². The molecule has 8 nitrogen and oxygen atoms in total. The maximum absolute atomic E-state index is 12.9. The Morgan fingerprint density at radius 3 is 2.53 bits per heavy atom. The van der Waals surface area contributed by atoms with E-state index < -0.39 is 30.1 Å². The number of nitrogens with zero attached hydrogens (tertiary/aromatic N) is 2. The van der Waals surface area contributed by atoms with Gasteiger partial charge in [-0.1, -0.05) is 30.3 Å². The first-order valence-electron chi connectivity index (χ1n) is 11.0. The molecule has 2 fully saturated rings. The smallest absolute Gasteiger partial charge is 0.550 e. The molecule has 1 heterocycles. The normalized spacial score (nSPS) is 25.5. The molecule has 0 aromatic heterocycles. The Hall–Kier alpha value is -1.61. The topological polar surface area (TPSA) is 102 Å². The summed E-state index contributed by atoms with van der Waals surface area (Å²) in [5.41, 5.74) is 0.858. The number of hydrogen-bond acceptors (Lipinski definition) is 6. The first kappa shape index (κ1) is 26.6. The predicted octanol–water partition coefficient (Wildman–Crippen LogP) is -1.85. The van der Waals surface area contributed by atoms with E-state index in [1.807, 2.05) is 37.4 Å². The summed E-state index contributed by atoms with van der Waals surface area (Å²) in [7, 11) is 2.00. The number of amides is 2. The number of nitrogens with one attached hydrogen (secondary N) is 1. The third-order valence-corrected chi connectivity index (χ3v) is 6.62. The van der Waals surface area contributed by atoms with E-state index in [-0.39, 0.29) is 48.1 Å². The van der Waals surface area contributed by atoms with Gasteiger partial charge in [-0.15, -0.1) is 0 Å². The van der Waals surface area contributed by atoms with Crippen molar-refractivity contribution < 1.29 is 53.8 Å². The monoisotopic (exact) mass is 453 g/mol. The first-order chi connectivity index (χ1) is 14.8. The van der Waals surface area contributed by atoms with E-state index >= 15 is 0 Å². The Labute approximate surface area is 211 Å². The van der Waals surface area contributed by atoms with E-state index in [1.54, 1.807) is 4.90 Å². The minimum atomic E-state index is -1.11. The average molecular weight is 454 g/mol. The van der Waals surface area contributed by atoms with Gasteiger partial charge < -0.3 is 29.8 Å². The number of carbonyl (C=O) groups is 3. The Balaban J connectivity index is 0.00000363. The molecule has 0 spiro atoms. The van der Waals surface area contributed by atoms with E-state index in [9.17, 15) is 19.5 Å². The predicted molar refractivity (Wildman–Crippen MR) is 113 cm³/mol. The molecule has 1 aromatic carbocycles. The van der Waals surface area contributed by atoms with Crippen LogP contribution < -0.4 is 40.0 Å². The van der Waals surface area contributed by atoms with Gasteiger partial charge >= 0.3 is 35.7 Å². The molecule has 3 rings (SSSR count). The SMILES string of the molecule is CC(C)N(C)[C@@H]1CC[C@H](N2CC[C@H](NC(=O)OCc3ccccc3)C2=O)[C@H](C(=O)[O-])C1.[Na+]. The van der Waals surface area contributed by atoms with Crippen LogP contribution in [0.25, 0.3) is 0 Å². The summed E-state index contributed by atoms with van der Waals surface area (Å²) < 4.78 is 5.21. The van der Waals surface area contributed by atoms with Gasteiger partial charge in [-0.3, -0.25) is 4.79 Å². The summed E-state index contributed by atoms with van der Waals surface area (Å²) in [6, 6.07) is 8.66. The number of benzene rings is 1. The van der Waals surface area contributed by atoms with Crippen LogP contribution in [0, 0.1) is 5.92 Å². The first-order valence-corrected chi connectivity index (χ1v) is 11.0. The van der Waals surface area contributed by atoms with Crippen LogP contribution in [0.5, 0.6) is 0 Å². The summed E-state index contributed by atoms with van der Waals surface area (Å²) in [6.45, 7) is 4.70. The van der Waals surface area contributed by atoms with Crippen molar-refractivity contribution in [2.75, 3.05) is 13.6 Å². The minimum absolute atomic E-state index is 0. The van der Waals surface area contributed by atoms with Crippen molar-refractivity contribution in [3.8, 4) is 0 Å². The van der Waals surface area contributed by atoms with Gasteiger partial charge in [0.1, 0.15) is 12.6 Å². The molecule has 0 radical (unpaired) electrons. The van der Waals surface area contributed by atoms with E-state index in [2.05, 4.69) is 24.1 Å². The summed E-state index contributed by atoms with van der Waals surface area (Å²) in [6.07, 6.45) is 1.68. The van der Waals surface area contributed by atoms with Gasteiger partial charge in [0, 0.05) is 36.6 Å². The third kappa shape index (κ3) is 6.47. The number of alkyl carbamates (subject to hydrolysis) is 1. The van der Waals surface area contributed by atoms with Crippen molar-refractivity contribution in [1.29, 1.82) is 0 Å². The van der Waals surface area contributed by atoms with Crippen molar-refractivity contribution in [3.05, 3.63) is 35.9 Å². The maximum Gasteiger partial charge on any atom is 1.00 e. The third-order valence-electron chi connectivity index (χ3n) is 6.62. The van der Waals surface area contributed by atoms with E-state index in [1.165, 1.54) is 0 Å². The molecule has 1 saturated carbocycles. The zero-order valence-corrected chi connectivity index (χ0v) is 21.5. The van der Waals surface area contributed by atoms with Gasteiger partial charge in [0.25, 0.3) is 0 Å². The molecule has 4 atom stereocenters. The fourth-order valence-electron chi connectivity index (χ4n) is 4.62. The van der Waals surface area contributed by atoms with Crippen LogP contribution in [0.3, 0.4) is 0 Å². The molecule has 2 aliphatic rings. The summed E-state index contributed by atoms with van der Waals surface area (Å²) in [5, 5.41) is 14.5. The molecule has 1 saturated heterocycles. The molecule has 32 heavy (non-hydrogen) atoms. The summed E-state index contributed by atoms with van der Waals surface area (Å²) >= 11 is 0. The number of aliphatic carboxylic acids is 1. The molecule has 9 heteroatoms. The van der Waals surface area contributed by atoms with E-state index in [4.69, 9.17) is 4.74 Å². The van der Waals surface area contributed by atoms with Crippen LogP contribution in [-0.2, 0) is 20.9 Å². The van der Waals surface area contributed by atoms with Crippen LogP contribution in [0.15, 0.2) is 30.3 Å². The molecule has 1 aliphatic carbocycles. The van der Waals surface area contributed by atoms with Crippen LogP contribution in [0.4, 0.5) is 4.79 Å². The van der Waals surface area contributed by atoms with Crippen molar-refractivity contribution in [3.63, 3.8) is 0 Å². The molecule has 0 unspecified atom stereocenters. The molecular formula is C23H32N3NaO5. The van der Waals surface area contributed by atoms with E-state index in [0.29, 0.717) is 31.8 Å². The number of rotatable bonds is 7. The fourth-order valence-corrected chi connectivity index (χ4v) is 4.62. The van der Waals surface area contributed by atoms with Gasteiger partial charge in [0.15, 0.2) is 0 Å². The molecular weight excluding hydrogens is 421 g/mol. The maximum atomic E-state index is 12.9. The van der Waals surface area contributed by atoms with Crippen LogP contribution in [-0.4, -0.2) is 65.5 Å². The van der Waals surface area contributed by atoms with Crippen molar-refractivity contribution in [1.82, 2.24) is 15.1 Å². The Bertz CT molecular complexity index is 791. The number of carboxylic acid groups (broad SMARTS) is 1. The summed E-state index contributed by atoms with van der Waals surface area (Å²) in [4.78, 5) is 40.8. The number of carbonyl (C=O) groups excluding carboxylic acids is 3. The zero-order valence-electron chi connectivity index (χ0n) is 19.5. The van der Waals surface area contributed by atoms with Crippen molar-refractivity contribution in [2.24, 2.45) is 5.92 Å². The van der Waals surface area contributed by atoms with Crippen molar-refractivity contribution >= 4 is 18.0 Å². The zero-order chi connectivity index (χ0) is 22.5. The van der Waals surface area contributed by atoms with Crippen LogP contribution in [0.1, 0.15) is 45.1 Å². The quantitative estimate of drug-likeness (QED) is 0.486. The second-order valence-corrected chi connectivity index (χ2v) is 8.80. The van der Waals surface area contributed by atoms with Crippen molar-refractivity contribution in [2.45, 2.75) is 70.3 Å². The second-order valence-electron chi connectivity index (χ2n) is 8.80. The average Bonchev–Trinajstić information content (AvgIpc) is 3.11. The largest absolute Gasteiger partial charge is 1.00 e. The Morgan fingerprint density at radius 1 is 1.22 bits per heavy atom. The number of likely N-dealkylation sites (tertiary alicyclic amines) is 1. The van der Waals surface area contributed by atoms with Crippen LogP contribution >= 0.6 is 0 Å². The minimum Gasteiger partial charge on any atom is -0.550 e. The van der Waals surface area contributed by atoms with Gasteiger partial charge in [0.2, 0.25) is 5.91 Å². The summed E-state index contributed by atoms with van der Waals surface area (Å²) in [5.74, 6) is -2.07. The molecule has 1 N–H and O–H groups in total. The molecule has 2 amide bonds. The fraction of sp³-hybridized carbons (Fsp3) is 0.609. The number of hydrogen-bond donors (Lipinski definition) is 1. The Morgan fingerprint density at radius 2 is 1.91 bits per heavy atom. The molecule has 170 valence electrons. The van der Waals surface area contributed by atoms with Gasteiger partial charge in [-0.25, -0.2) is 4.79 Å². The number of carboxylic acids is 1. The Kier molecular flexibility index (Phi) is 10.0. The van der Waals surface area contributed by atoms with Gasteiger partial charge in [-0.2, -0.15) is 0 Å². The second kappa shape index (κ2) is 12.0. The van der Waals surface area contributed by atoms with Gasteiger partial charge in [0.05, 0.1) is 0 Å². The number of ether oxygens (including phenoxy) is 1. The molecule has 1 aliphatic heterocycles. The standard InChI is InChI=1S/C23H33N3O5.Na/c1-15(2)25(3)17-9-10-20(18(13-17)22(28)29)26-12-11-19(21(26)27)24-23(30)31-14-16-7-5-4-6-8-16;/h4-8,15,17-20H,9-14H2,1-3H3,(H,24,30)(H,28,29);/q;+1/p-1/t17-,18-,19+,20+;/m1./s1. The van der Waals surface area contributed by atoms with Crippen LogP contribution in [0.2, 0.25) is 0 Å².